The van der Waals surface area contributed by atoms with Gasteiger partial charge in [0, 0.05) is 34.0 Å². The predicted molar refractivity (Wildman–Crippen MR) is 125 cm³/mol. The van der Waals surface area contributed by atoms with Crippen molar-refractivity contribution in [2.45, 2.75) is 6.04 Å². The van der Waals surface area contributed by atoms with Crippen LogP contribution in [0.5, 0.6) is 0 Å². The standard InChI is InChI=1S/C26H21N3O4/c30-16-23(26(33)28-21-11-12-22-18(15-21)10-5-13-27-22)29-25(32)20-9-4-8-19(14-20)24(31)17-6-2-1-3-7-17/h1-15,23,30H,16H2,(H,28,33)(H,29,32)/t23-/m0/s1. The van der Waals surface area contributed by atoms with Crippen molar-refractivity contribution >= 4 is 34.2 Å². The number of fused-ring (bicyclic) bond motifs is 1. The molecule has 33 heavy (non-hydrogen) atoms. The van der Waals surface area contributed by atoms with E-state index in [0.717, 1.165) is 10.9 Å². The third kappa shape index (κ3) is 5.11. The summed E-state index contributed by atoms with van der Waals surface area (Å²) in [6.45, 7) is -0.588. The first-order valence-corrected chi connectivity index (χ1v) is 10.3. The lowest BCUT2D eigenvalue weighted by molar-refractivity contribution is -0.118. The van der Waals surface area contributed by atoms with Gasteiger partial charge in [0.05, 0.1) is 12.1 Å². The molecule has 0 aliphatic heterocycles. The minimum absolute atomic E-state index is 0.208. The lowest BCUT2D eigenvalue weighted by Crippen LogP contribution is -2.46. The van der Waals surface area contributed by atoms with E-state index in [-0.39, 0.29) is 11.3 Å². The first-order chi connectivity index (χ1) is 16.0. The molecular weight excluding hydrogens is 418 g/mol. The molecule has 164 valence electrons. The predicted octanol–water partition coefficient (Wildman–Crippen LogP) is 3.20. The van der Waals surface area contributed by atoms with Gasteiger partial charge in [-0.15, -0.1) is 0 Å². The fourth-order valence-corrected chi connectivity index (χ4v) is 3.38. The van der Waals surface area contributed by atoms with Gasteiger partial charge in [0.25, 0.3) is 5.91 Å². The highest BCUT2D eigenvalue weighted by molar-refractivity contribution is 6.10. The van der Waals surface area contributed by atoms with Crippen LogP contribution in [0.25, 0.3) is 10.9 Å². The molecule has 0 saturated heterocycles. The Balaban J connectivity index is 1.46. The number of benzene rings is 3. The summed E-state index contributed by atoms with van der Waals surface area (Å²) in [6.07, 6.45) is 1.68. The Bertz CT molecular complexity index is 1320. The molecule has 1 aromatic heterocycles. The number of hydrogen-bond donors (Lipinski definition) is 3. The van der Waals surface area contributed by atoms with Crippen LogP contribution in [0.15, 0.2) is 91.1 Å². The molecule has 4 rings (SSSR count). The van der Waals surface area contributed by atoms with Crippen LogP contribution in [-0.2, 0) is 4.79 Å². The molecule has 1 atom stereocenters. The second-order valence-corrected chi connectivity index (χ2v) is 7.38. The molecule has 0 aliphatic carbocycles. The van der Waals surface area contributed by atoms with Gasteiger partial charge < -0.3 is 15.7 Å². The van der Waals surface area contributed by atoms with Crippen molar-refractivity contribution in [1.82, 2.24) is 10.3 Å². The van der Waals surface area contributed by atoms with Gasteiger partial charge in [-0.3, -0.25) is 19.4 Å². The number of rotatable bonds is 7. The molecule has 0 bridgehead atoms. The maximum Gasteiger partial charge on any atom is 0.252 e. The van der Waals surface area contributed by atoms with E-state index in [0.29, 0.717) is 16.8 Å². The lowest BCUT2D eigenvalue weighted by Gasteiger charge is -2.17. The van der Waals surface area contributed by atoms with Crippen LogP contribution >= 0.6 is 0 Å². The van der Waals surface area contributed by atoms with Crippen molar-refractivity contribution in [2.24, 2.45) is 0 Å². The minimum Gasteiger partial charge on any atom is -0.394 e. The number of hydrogen-bond acceptors (Lipinski definition) is 5. The van der Waals surface area contributed by atoms with Gasteiger partial charge in [-0.1, -0.05) is 48.5 Å². The molecule has 0 spiro atoms. The van der Waals surface area contributed by atoms with Gasteiger partial charge in [-0.25, -0.2) is 0 Å². The molecule has 7 heteroatoms. The zero-order valence-corrected chi connectivity index (χ0v) is 17.6. The summed E-state index contributed by atoms with van der Waals surface area (Å²) < 4.78 is 0. The highest BCUT2D eigenvalue weighted by Gasteiger charge is 2.21. The van der Waals surface area contributed by atoms with Gasteiger partial charge >= 0.3 is 0 Å². The average Bonchev–Trinajstić information content (AvgIpc) is 2.87. The van der Waals surface area contributed by atoms with Crippen LogP contribution in [0.2, 0.25) is 0 Å². The zero-order chi connectivity index (χ0) is 23.2. The van der Waals surface area contributed by atoms with E-state index < -0.39 is 24.5 Å². The smallest absolute Gasteiger partial charge is 0.252 e. The summed E-state index contributed by atoms with van der Waals surface area (Å²) in [4.78, 5) is 42.3. The van der Waals surface area contributed by atoms with Gasteiger partial charge in [-0.05, 0) is 36.4 Å². The summed E-state index contributed by atoms with van der Waals surface area (Å²) in [5.74, 6) is -1.35. The van der Waals surface area contributed by atoms with Gasteiger partial charge in [0.15, 0.2) is 5.78 Å². The molecule has 0 aliphatic rings. The van der Waals surface area contributed by atoms with E-state index in [2.05, 4.69) is 15.6 Å². The van der Waals surface area contributed by atoms with Crippen LogP contribution in [0.4, 0.5) is 5.69 Å². The number of pyridine rings is 1. The van der Waals surface area contributed by atoms with E-state index in [4.69, 9.17) is 0 Å². The first kappa shape index (κ1) is 21.9. The highest BCUT2D eigenvalue weighted by Crippen LogP contribution is 2.17. The normalized spacial score (nSPS) is 11.5. The van der Waals surface area contributed by atoms with Crippen molar-refractivity contribution in [2.75, 3.05) is 11.9 Å². The largest absolute Gasteiger partial charge is 0.394 e. The zero-order valence-electron chi connectivity index (χ0n) is 17.6. The number of anilines is 1. The maximum atomic E-state index is 12.7. The molecule has 7 nitrogen and oxygen atoms in total. The quantitative estimate of drug-likeness (QED) is 0.383. The van der Waals surface area contributed by atoms with Crippen molar-refractivity contribution in [3.8, 4) is 0 Å². The summed E-state index contributed by atoms with van der Waals surface area (Å²) in [6, 6.07) is 22.7. The Labute approximate surface area is 190 Å². The van der Waals surface area contributed by atoms with Gasteiger partial charge in [0.1, 0.15) is 6.04 Å². The third-order valence-corrected chi connectivity index (χ3v) is 5.10. The minimum atomic E-state index is -1.17. The number of ketones is 1. The second kappa shape index (κ2) is 9.84. The summed E-state index contributed by atoms with van der Waals surface area (Å²) in [5.41, 5.74) is 2.37. The molecule has 0 unspecified atom stereocenters. The third-order valence-electron chi connectivity index (χ3n) is 5.10. The molecule has 2 amide bonds. The molecule has 1 heterocycles. The van der Waals surface area contributed by atoms with Crippen LogP contribution in [0, 0.1) is 0 Å². The van der Waals surface area contributed by atoms with E-state index >= 15 is 0 Å². The van der Waals surface area contributed by atoms with Crippen LogP contribution in [-0.4, -0.2) is 40.3 Å². The van der Waals surface area contributed by atoms with Crippen molar-refractivity contribution < 1.29 is 19.5 Å². The highest BCUT2D eigenvalue weighted by atomic mass is 16.3. The van der Waals surface area contributed by atoms with Crippen molar-refractivity contribution in [1.29, 1.82) is 0 Å². The van der Waals surface area contributed by atoms with E-state index in [1.165, 1.54) is 6.07 Å². The number of aliphatic hydroxyl groups excluding tert-OH is 1. The Morgan fingerprint density at radius 2 is 1.58 bits per heavy atom. The van der Waals surface area contributed by atoms with E-state index in [1.54, 1.807) is 72.9 Å². The number of amides is 2. The Morgan fingerprint density at radius 1 is 0.818 bits per heavy atom. The molecular formula is C26H21N3O4. The van der Waals surface area contributed by atoms with Crippen LogP contribution < -0.4 is 10.6 Å². The number of nitrogens with one attached hydrogen (secondary N) is 2. The summed E-state index contributed by atoms with van der Waals surface area (Å²) >= 11 is 0. The molecule has 3 N–H and O–H groups in total. The number of carbonyl (C=O) groups excluding carboxylic acids is 3. The van der Waals surface area contributed by atoms with Crippen LogP contribution in [0.3, 0.4) is 0 Å². The number of aromatic nitrogens is 1. The fraction of sp³-hybridized carbons (Fsp3) is 0.0769. The number of aliphatic hydroxyl groups is 1. The summed E-state index contributed by atoms with van der Waals surface area (Å²) in [5, 5.41) is 15.8. The number of nitrogens with zero attached hydrogens (tertiary/aromatic N) is 1. The lowest BCUT2D eigenvalue weighted by atomic mass is 10.0. The molecule has 3 aromatic carbocycles. The fourth-order valence-electron chi connectivity index (χ4n) is 3.38. The number of carbonyl (C=O) groups is 3. The van der Waals surface area contributed by atoms with Crippen molar-refractivity contribution in [3.63, 3.8) is 0 Å². The van der Waals surface area contributed by atoms with Gasteiger partial charge in [-0.2, -0.15) is 0 Å². The SMILES string of the molecule is O=C(N[C@@H](CO)C(=O)Nc1ccc2ncccc2c1)c1cccc(C(=O)c2ccccc2)c1. The first-order valence-electron chi connectivity index (χ1n) is 10.3. The van der Waals surface area contributed by atoms with E-state index in [1.807, 2.05) is 12.1 Å². The molecule has 4 aromatic rings. The Morgan fingerprint density at radius 3 is 2.36 bits per heavy atom. The van der Waals surface area contributed by atoms with Crippen LogP contribution in [0.1, 0.15) is 26.3 Å². The Kier molecular flexibility index (Phi) is 6.52. The Hall–Kier alpha value is -4.36. The topological polar surface area (TPSA) is 108 Å². The van der Waals surface area contributed by atoms with Gasteiger partial charge in [0.2, 0.25) is 5.91 Å². The molecule has 0 fully saturated rings. The van der Waals surface area contributed by atoms with Crippen molar-refractivity contribution in [3.05, 3.63) is 108 Å². The maximum absolute atomic E-state index is 12.7. The molecule has 0 saturated carbocycles. The monoisotopic (exact) mass is 439 g/mol. The second-order valence-electron chi connectivity index (χ2n) is 7.38. The average molecular weight is 439 g/mol. The molecule has 0 radical (unpaired) electrons. The summed E-state index contributed by atoms with van der Waals surface area (Å²) in [7, 11) is 0. The van der Waals surface area contributed by atoms with E-state index in [9.17, 15) is 19.5 Å².